The molecule has 5 aromatic rings. The molecule has 1 atom stereocenters. The normalized spacial score (nSPS) is 16.1. The first-order valence-electron chi connectivity index (χ1n) is 13.6. The third kappa shape index (κ3) is 4.26. The van der Waals surface area contributed by atoms with Crippen molar-refractivity contribution in [1.29, 1.82) is 0 Å². The van der Waals surface area contributed by atoms with Crippen molar-refractivity contribution in [2.75, 3.05) is 0 Å². The van der Waals surface area contributed by atoms with E-state index < -0.39 is 4.92 Å². The fourth-order valence-corrected chi connectivity index (χ4v) is 7.28. The van der Waals surface area contributed by atoms with Crippen LogP contribution in [0.25, 0.3) is 17.5 Å². The van der Waals surface area contributed by atoms with Crippen LogP contribution in [0.3, 0.4) is 0 Å². The van der Waals surface area contributed by atoms with Crippen molar-refractivity contribution >= 4 is 40.4 Å². The zero-order valence-electron chi connectivity index (χ0n) is 22.9. The Labute approximate surface area is 250 Å². The Balaban J connectivity index is 1.40. The lowest BCUT2D eigenvalue weighted by Gasteiger charge is -2.30. The smallest absolute Gasteiger partial charge is 0.271 e. The van der Waals surface area contributed by atoms with Gasteiger partial charge in [0.1, 0.15) is 0 Å². The summed E-state index contributed by atoms with van der Waals surface area (Å²) in [5.41, 5.74) is 9.11. The molecule has 0 fully saturated rings. The lowest BCUT2D eigenvalue weighted by atomic mass is 9.83. The SMILES string of the molecule is Cc1cc(/C=c2/sc3n(c2=O)[C@@H](c2ccc(Cl)cc2)C2=C(N=3)c3ccccc3CC2)c(C)n1-c1ccc([N+](=O)[O-])cc1. The number of aryl methyl sites for hydroxylation is 2. The maximum atomic E-state index is 14.1. The van der Waals surface area contributed by atoms with E-state index >= 15 is 0 Å². The van der Waals surface area contributed by atoms with Crippen molar-refractivity contribution in [2.45, 2.75) is 32.7 Å². The molecule has 0 unspecified atom stereocenters. The molecule has 7 rings (SSSR count). The molecule has 3 aromatic carbocycles. The zero-order chi connectivity index (χ0) is 29.1. The Hall–Kier alpha value is -4.53. The van der Waals surface area contributed by atoms with Crippen LogP contribution in [0.15, 0.2) is 94.2 Å². The number of nitro groups is 1. The van der Waals surface area contributed by atoms with Gasteiger partial charge in [0.25, 0.3) is 11.2 Å². The number of nitro benzene ring substituents is 1. The van der Waals surface area contributed by atoms with Gasteiger partial charge in [-0.15, -0.1) is 0 Å². The van der Waals surface area contributed by atoms with Gasteiger partial charge in [0.05, 0.1) is 21.2 Å². The predicted octanol–water partition coefficient (Wildman–Crippen LogP) is 6.29. The predicted molar refractivity (Wildman–Crippen MR) is 166 cm³/mol. The Morgan fingerprint density at radius 3 is 2.50 bits per heavy atom. The van der Waals surface area contributed by atoms with Gasteiger partial charge in [-0.25, -0.2) is 4.99 Å². The molecular weight excluding hydrogens is 568 g/mol. The average molecular weight is 593 g/mol. The molecule has 0 spiro atoms. The van der Waals surface area contributed by atoms with E-state index in [-0.39, 0.29) is 17.3 Å². The van der Waals surface area contributed by atoms with E-state index in [2.05, 4.69) is 18.2 Å². The van der Waals surface area contributed by atoms with Crippen LogP contribution in [0.2, 0.25) is 5.02 Å². The Kier molecular flexibility index (Phi) is 6.33. The highest BCUT2D eigenvalue weighted by Crippen LogP contribution is 2.41. The lowest BCUT2D eigenvalue weighted by molar-refractivity contribution is -0.384. The summed E-state index contributed by atoms with van der Waals surface area (Å²) in [7, 11) is 0. The van der Waals surface area contributed by atoms with Gasteiger partial charge >= 0.3 is 0 Å². The number of allylic oxidation sites excluding steroid dienone is 1. The third-order valence-electron chi connectivity index (χ3n) is 8.13. The van der Waals surface area contributed by atoms with Crippen molar-refractivity contribution in [1.82, 2.24) is 9.13 Å². The monoisotopic (exact) mass is 592 g/mol. The van der Waals surface area contributed by atoms with E-state index in [0.717, 1.165) is 57.9 Å². The highest BCUT2D eigenvalue weighted by atomic mass is 35.5. The van der Waals surface area contributed by atoms with Gasteiger partial charge in [-0.1, -0.05) is 59.3 Å². The fraction of sp³-hybridized carbons (Fsp3) is 0.152. The quantitative estimate of drug-likeness (QED) is 0.182. The number of hydrogen-bond acceptors (Lipinski definition) is 5. The van der Waals surface area contributed by atoms with Crippen LogP contribution in [0.1, 0.15) is 46.1 Å². The van der Waals surface area contributed by atoms with Crippen LogP contribution in [0.4, 0.5) is 5.69 Å². The number of non-ortho nitro benzene ring substituents is 1. The molecule has 0 saturated heterocycles. The maximum absolute atomic E-state index is 14.1. The molecule has 208 valence electrons. The number of fused-ring (bicyclic) bond motifs is 3. The van der Waals surface area contributed by atoms with E-state index in [0.29, 0.717) is 14.4 Å². The number of hydrogen-bond donors (Lipinski definition) is 0. The third-order valence-corrected chi connectivity index (χ3v) is 9.37. The molecule has 2 aromatic heterocycles. The van der Waals surface area contributed by atoms with Crippen LogP contribution >= 0.6 is 22.9 Å². The van der Waals surface area contributed by atoms with Crippen molar-refractivity contribution in [3.05, 3.63) is 153 Å². The molecule has 0 bridgehead atoms. The molecule has 1 aliphatic carbocycles. The second-order valence-electron chi connectivity index (χ2n) is 10.6. The highest BCUT2D eigenvalue weighted by molar-refractivity contribution is 7.07. The van der Waals surface area contributed by atoms with Crippen molar-refractivity contribution in [3.63, 3.8) is 0 Å². The molecule has 9 heteroatoms. The average Bonchev–Trinajstić information content (AvgIpc) is 3.45. The van der Waals surface area contributed by atoms with Crippen LogP contribution in [0, 0.1) is 24.0 Å². The minimum Gasteiger partial charge on any atom is -0.318 e. The van der Waals surface area contributed by atoms with Gasteiger partial charge in [0.15, 0.2) is 4.80 Å². The van der Waals surface area contributed by atoms with E-state index in [1.807, 2.05) is 65.5 Å². The van der Waals surface area contributed by atoms with Gasteiger partial charge < -0.3 is 4.57 Å². The van der Waals surface area contributed by atoms with Crippen molar-refractivity contribution in [3.8, 4) is 5.69 Å². The first-order chi connectivity index (χ1) is 20.3. The largest absolute Gasteiger partial charge is 0.318 e. The second-order valence-corrected chi connectivity index (χ2v) is 12.0. The van der Waals surface area contributed by atoms with Gasteiger partial charge in [-0.05, 0) is 85.4 Å². The molecular formula is C33H25ClN4O3S. The van der Waals surface area contributed by atoms with Gasteiger partial charge in [-0.3, -0.25) is 19.5 Å². The number of halogens is 1. The summed E-state index contributed by atoms with van der Waals surface area (Å²) in [6.07, 6.45) is 3.65. The van der Waals surface area contributed by atoms with E-state index in [9.17, 15) is 14.9 Å². The first-order valence-corrected chi connectivity index (χ1v) is 14.8. The summed E-state index contributed by atoms with van der Waals surface area (Å²) < 4.78 is 4.48. The molecule has 3 heterocycles. The van der Waals surface area contributed by atoms with Crippen LogP contribution in [0.5, 0.6) is 0 Å². The minimum atomic E-state index is -0.405. The van der Waals surface area contributed by atoms with Gasteiger partial charge in [0, 0.05) is 39.8 Å². The number of thiazole rings is 1. The zero-order valence-corrected chi connectivity index (χ0v) is 24.4. The van der Waals surface area contributed by atoms with E-state index in [1.54, 1.807) is 12.1 Å². The standard InChI is InChI=1S/C33H25ClN4O3S/c1-19-17-23(20(2)36(19)25-12-14-26(15-13-25)38(40)41)18-29-32(39)37-31(22-7-10-24(34)11-8-22)28-16-9-21-5-3-4-6-27(21)30(28)35-33(37)42-29/h3-8,10-15,17-18,31H,9,16H2,1-2H3/b29-18+/t31-/m0/s1. The van der Waals surface area contributed by atoms with E-state index in [1.165, 1.54) is 29.0 Å². The minimum absolute atomic E-state index is 0.0445. The highest BCUT2D eigenvalue weighted by Gasteiger charge is 2.32. The fourth-order valence-electron chi connectivity index (χ4n) is 6.16. The van der Waals surface area contributed by atoms with Crippen LogP contribution in [-0.2, 0) is 6.42 Å². The molecule has 0 N–H and O–H groups in total. The van der Waals surface area contributed by atoms with Crippen molar-refractivity contribution in [2.24, 2.45) is 4.99 Å². The van der Waals surface area contributed by atoms with Gasteiger partial charge in [0.2, 0.25) is 0 Å². The molecule has 0 radical (unpaired) electrons. The number of nitrogens with zero attached hydrogens (tertiary/aromatic N) is 4. The summed E-state index contributed by atoms with van der Waals surface area (Å²) in [5.74, 6) is 0. The number of aromatic nitrogens is 2. The summed E-state index contributed by atoms with van der Waals surface area (Å²) in [5, 5.41) is 11.8. The summed E-state index contributed by atoms with van der Waals surface area (Å²) >= 11 is 7.64. The molecule has 0 amide bonds. The number of rotatable bonds is 4. The van der Waals surface area contributed by atoms with Crippen LogP contribution < -0.4 is 14.9 Å². The topological polar surface area (TPSA) is 82.4 Å². The molecule has 1 aliphatic heterocycles. The molecule has 0 saturated carbocycles. The molecule has 2 aliphatic rings. The Bertz CT molecular complexity index is 2120. The Morgan fingerprint density at radius 1 is 1.02 bits per heavy atom. The van der Waals surface area contributed by atoms with Crippen molar-refractivity contribution < 1.29 is 4.92 Å². The first kappa shape index (κ1) is 26.4. The lowest BCUT2D eigenvalue weighted by Crippen LogP contribution is -2.38. The second kappa shape index (κ2) is 10.1. The summed E-state index contributed by atoms with van der Waals surface area (Å²) in [6, 6.07) is 24.4. The summed E-state index contributed by atoms with van der Waals surface area (Å²) in [6.45, 7) is 3.98. The van der Waals surface area contributed by atoms with Crippen LogP contribution in [-0.4, -0.2) is 14.1 Å². The summed E-state index contributed by atoms with van der Waals surface area (Å²) in [4.78, 5) is 30.6. The molecule has 42 heavy (non-hydrogen) atoms. The number of benzene rings is 3. The Morgan fingerprint density at radius 2 is 1.76 bits per heavy atom. The molecule has 7 nitrogen and oxygen atoms in total. The van der Waals surface area contributed by atoms with E-state index in [4.69, 9.17) is 16.6 Å². The maximum Gasteiger partial charge on any atom is 0.271 e. The van der Waals surface area contributed by atoms with Gasteiger partial charge in [-0.2, -0.15) is 0 Å².